The molecule has 1 aliphatic rings. The lowest BCUT2D eigenvalue weighted by Crippen LogP contribution is -2.08. The molecule has 0 saturated heterocycles. The van der Waals surface area contributed by atoms with Crippen molar-refractivity contribution in [2.75, 3.05) is 7.11 Å². The largest absolute Gasteiger partial charge is 0.488 e. The van der Waals surface area contributed by atoms with E-state index in [1.54, 1.807) is 24.1 Å². The summed E-state index contributed by atoms with van der Waals surface area (Å²) >= 11 is 0. The highest BCUT2D eigenvalue weighted by molar-refractivity contribution is 5.83. The van der Waals surface area contributed by atoms with E-state index >= 15 is 0 Å². The van der Waals surface area contributed by atoms with E-state index in [1.165, 1.54) is 0 Å². The second-order valence-corrected chi connectivity index (χ2v) is 5.09. The number of carbonyl (C=O) groups excluding carboxylic acids is 1. The van der Waals surface area contributed by atoms with Crippen LogP contribution in [0.5, 0.6) is 11.6 Å². The number of aldehydes is 1. The molecule has 0 saturated carbocycles. The quantitative estimate of drug-likeness (QED) is 0.696. The van der Waals surface area contributed by atoms with Gasteiger partial charge >= 0.3 is 0 Å². The Kier molecular flexibility index (Phi) is 3.08. The smallest absolute Gasteiger partial charge is 0.213 e. The summed E-state index contributed by atoms with van der Waals surface area (Å²) in [6.45, 7) is 0.323. The molecular weight excluding hydrogens is 294 g/mol. The standard InChI is InChI=1S/C17H13N3O3/c1-22-16-7-6-11(8-18-16)20-17-12-4-2-3-5-15(12)23-10-13(17)14(9-21)19-20/h2-9H,10H2,1H3. The number of hydrogen-bond acceptors (Lipinski definition) is 5. The Bertz CT molecular complexity index is 885. The normalized spacial score (nSPS) is 12.0. The number of fused-ring (bicyclic) bond motifs is 3. The molecule has 0 atom stereocenters. The van der Waals surface area contributed by atoms with E-state index in [0.29, 0.717) is 18.2 Å². The zero-order valence-electron chi connectivity index (χ0n) is 12.4. The summed E-state index contributed by atoms with van der Waals surface area (Å²) in [5, 5.41) is 4.42. The third-order valence-electron chi connectivity index (χ3n) is 3.81. The summed E-state index contributed by atoms with van der Waals surface area (Å²) in [4.78, 5) is 15.6. The predicted molar refractivity (Wildman–Crippen MR) is 83.1 cm³/mol. The lowest BCUT2D eigenvalue weighted by atomic mass is 10.0. The highest BCUT2D eigenvalue weighted by atomic mass is 16.5. The van der Waals surface area contributed by atoms with Gasteiger partial charge in [0, 0.05) is 17.2 Å². The maximum absolute atomic E-state index is 11.4. The zero-order chi connectivity index (χ0) is 15.8. The Hall–Kier alpha value is -3.15. The van der Waals surface area contributed by atoms with Gasteiger partial charge in [0.05, 0.1) is 24.7 Å². The highest BCUT2D eigenvalue weighted by Gasteiger charge is 2.26. The van der Waals surface area contributed by atoms with Crippen molar-refractivity contribution in [2.45, 2.75) is 6.61 Å². The van der Waals surface area contributed by atoms with E-state index < -0.39 is 0 Å². The Morgan fingerprint density at radius 3 is 2.87 bits per heavy atom. The number of nitrogens with zero attached hydrogens (tertiary/aromatic N) is 3. The van der Waals surface area contributed by atoms with E-state index in [2.05, 4.69) is 10.1 Å². The van der Waals surface area contributed by atoms with Gasteiger partial charge in [-0.05, 0) is 18.2 Å². The van der Waals surface area contributed by atoms with Crippen LogP contribution in [-0.4, -0.2) is 28.2 Å². The molecule has 4 rings (SSSR count). The maximum atomic E-state index is 11.4. The maximum Gasteiger partial charge on any atom is 0.213 e. The van der Waals surface area contributed by atoms with Gasteiger partial charge in [-0.25, -0.2) is 9.67 Å². The number of benzene rings is 1. The Labute approximate surface area is 132 Å². The molecule has 0 N–H and O–H groups in total. The van der Waals surface area contributed by atoms with Crippen molar-refractivity contribution in [2.24, 2.45) is 0 Å². The van der Waals surface area contributed by atoms with Crippen LogP contribution in [-0.2, 0) is 6.61 Å². The van der Waals surface area contributed by atoms with Gasteiger partial charge in [0.1, 0.15) is 18.1 Å². The van der Waals surface area contributed by atoms with Crippen molar-refractivity contribution in [1.82, 2.24) is 14.8 Å². The van der Waals surface area contributed by atoms with Crippen LogP contribution in [0.3, 0.4) is 0 Å². The molecule has 6 nitrogen and oxygen atoms in total. The van der Waals surface area contributed by atoms with Gasteiger partial charge in [0.15, 0.2) is 6.29 Å². The SMILES string of the molecule is COc1ccc(-n2nc(C=O)c3c2-c2ccccc2OC3)cn1. The Morgan fingerprint density at radius 1 is 1.26 bits per heavy atom. The van der Waals surface area contributed by atoms with Gasteiger partial charge in [0.2, 0.25) is 5.88 Å². The van der Waals surface area contributed by atoms with Crippen LogP contribution in [0.25, 0.3) is 16.9 Å². The number of methoxy groups -OCH3 is 1. The zero-order valence-corrected chi connectivity index (χ0v) is 12.4. The van der Waals surface area contributed by atoms with Crippen LogP contribution in [0.15, 0.2) is 42.6 Å². The topological polar surface area (TPSA) is 66.2 Å². The summed E-state index contributed by atoms with van der Waals surface area (Å²) in [6, 6.07) is 11.3. The molecule has 3 heterocycles. The molecule has 1 aliphatic heterocycles. The summed E-state index contributed by atoms with van der Waals surface area (Å²) in [5.41, 5.74) is 3.69. The fourth-order valence-electron chi connectivity index (χ4n) is 2.72. The summed E-state index contributed by atoms with van der Waals surface area (Å²) in [5.74, 6) is 1.30. The van der Waals surface area contributed by atoms with Crippen LogP contribution in [0, 0.1) is 0 Å². The van der Waals surface area contributed by atoms with Crippen LogP contribution in [0.2, 0.25) is 0 Å². The van der Waals surface area contributed by atoms with Gasteiger partial charge in [-0.2, -0.15) is 5.10 Å². The molecule has 6 heteroatoms. The van der Waals surface area contributed by atoms with Gasteiger partial charge < -0.3 is 9.47 Å². The van der Waals surface area contributed by atoms with Gasteiger partial charge in [-0.15, -0.1) is 0 Å². The Morgan fingerprint density at radius 2 is 2.13 bits per heavy atom. The fraction of sp³-hybridized carbons (Fsp3) is 0.118. The lowest BCUT2D eigenvalue weighted by molar-refractivity contribution is 0.111. The number of ether oxygens (including phenoxy) is 2. The van der Waals surface area contributed by atoms with Crippen LogP contribution in [0.1, 0.15) is 16.1 Å². The van der Waals surface area contributed by atoms with E-state index in [1.807, 2.05) is 30.3 Å². The van der Waals surface area contributed by atoms with Gasteiger partial charge in [-0.1, -0.05) is 12.1 Å². The minimum atomic E-state index is 0.323. The minimum Gasteiger partial charge on any atom is -0.488 e. The average molecular weight is 307 g/mol. The summed E-state index contributed by atoms with van der Waals surface area (Å²) in [6.07, 6.45) is 2.42. The first kappa shape index (κ1) is 13.5. The van der Waals surface area contributed by atoms with Crippen LogP contribution in [0.4, 0.5) is 0 Å². The third kappa shape index (κ3) is 2.07. The molecule has 23 heavy (non-hydrogen) atoms. The molecule has 0 fully saturated rings. The molecule has 0 amide bonds. The van der Waals surface area contributed by atoms with Crippen LogP contribution >= 0.6 is 0 Å². The molecule has 114 valence electrons. The number of aromatic nitrogens is 3. The second-order valence-electron chi connectivity index (χ2n) is 5.09. The third-order valence-corrected chi connectivity index (χ3v) is 3.81. The van der Waals surface area contributed by atoms with E-state index in [4.69, 9.17) is 9.47 Å². The second kappa shape index (κ2) is 5.24. The first-order valence-corrected chi connectivity index (χ1v) is 7.11. The minimum absolute atomic E-state index is 0.323. The summed E-state index contributed by atoms with van der Waals surface area (Å²) in [7, 11) is 1.57. The van der Waals surface area contributed by atoms with Crippen LogP contribution < -0.4 is 9.47 Å². The lowest BCUT2D eigenvalue weighted by Gasteiger charge is -2.19. The van der Waals surface area contributed by atoms with Gasteiger partial charge in [0.25, 0.3) is 0 Å². The summed E-state index contributed by atoms with van der Waals surface area (Å²) < 4.78 is 12.5. The molecule has 0 radical (unpaired) electrons. The van der Waals surface area contributed by atoms with E-state index in [9.17, 15) is 4.79 Å². The van der Waals surface area contributed by atoms with Crippen molar-refractivity contribution in [3.8, 4) is 28.6 Å². The number of pyridine rings is 1. The Balaban J connectivity index is 1.95. The predicted octanol–water partition coefficient (Wildman–Crippen LogP) is 2.65. The molecule has 0 unspecified atom stereocenters. The molecule has 0 aliphatic carbocycles. The number of para-hydroxylation sites is 1. The number of carbonyl (C=O) groups is 1. The highest BCUT2D eigenvalue weighted by Crippen LogP contribution is 2.39. The van der Waals surface area contributed by atoms with Crippen molar-refractivity contribution in [3.63, 3.8) is 0 Å². The molecular formula is C17H13N3O3. The number of rotatable bonds is 3. The fourth-order valence-corrected chi connectivity index (χ4v) is 2.72. The van der Waals surface area contributed by atoms with Crippen molar-refractivity contribution in [1.29, 1.82) is 0 Å². The molecule has 0 bridgehead atoms. The van der Waals surface area contributed by atoms with Gasteiger partial charge in [-0.3, -0.25) is 4.79 Å². The number of hydrogen-bond donors (Lipinski definition) is 0. The van der Waals surface area contributed by atoms with Crippen molar-refractivity contribution >= 4 is 6.29 Å². The molecule has 3 aromatic rings. The van der Waals surface area contributed by atoms with E-state index in [-0.39, 0.29) is 0 Å². The molecule has 2 aromatic heterocycles. The van der Waals surface area contributed by atoms with Crippen molar-refractivity contribution < 1.29 is 14.3 Å². The monoisotopic (exact) mass is 307 g/mol. The first-order chi connectivity index (χ1) is 11.3. The molecule has 0 spiro atoms. The average Bonchev–Trinajstić information content (AvgIpc) is 3.01. The first-order valence-electron chi connectivity index (χ1n) is 7.11. The van der Waals surface area contributed by atoms with Crippen molar-refractivity contribution in [3.05, 3.63) is 53.9 Å². The van der Waals surface area contributed by atoms with E-state index in [0.717, 1.165) is 34.5 Å². The molecule has 1 aromatic carbocycles.